The van der Waals surface area contributed by atoms with Crippen LogP contribution in [0.1, 0.15) is 39.7 Å². The van der Waals surface area contributed by atoms with Crippen LogP contribution in [0.15, 0.2) is 24.3 Å². The molecule has 1 aromatic rings. The molecule has 1 aliphatic heterocycles. The molecule has 5 heteroatoms. The van der Waals surface area contributed by atoms with Gasteiger partial charge in [0, 0.05) is 31.3 Å². The van der Waals surface area contributed by atoms with Crippen molar-refractivity contribution in [3.63, 3.8) is 0 Å². The topological polar surface area (TPSA) is 50.8 Å². The molecule has 0 bridgehead atoms. The van der Waals surface area contributed by atoms with Crippen molar-refractivity contribution in [1.82, 2.24) is 10.2 Å². The van der Waals surface area contributed by atoms with Gasteiger partial charge < -0.3 is 19.7 Å². The fourth-order valence-electron chi connectivity index (χ4n) is 2.55. The first-order valence-electron chi connectivity index (χ1n) is 8.26. The van der Waals surface area contributed by atoms with Crippen molar-refractivity contribution in [2.45, 2.75) is 52.3 Å². The lowest BCUT2D eigenvalue weighted by Gasteiger charge is -2.27. The summed E-state index contributed by atoms with van der Waals surface area (Å²) in [6.07, 6.45) is 0.872. The van der Waals surface area contributed by atoms with Crippen LogP contribution in [0.25, 0.3) is 0 Å². The molecule has 1 aromatic carbocycles. The number of rotatable bonds is 3. The second kappa shape index (κ2) is 7.68. The van der Waals surface area contributed by atoms with E-state index in [0.717, 1.165) is 17.7 Å². The second-order valence-corrected chi connectivity index (χ2v) is 6.92. The van der Waals surface area contributed by atoms with Gasteiger partial charge in [-0.05, 0) is 40.2 Å². The van der Waals surface area contributed by atoms with Gasteiger partial charge in [-0.3, -0.25) is 0 Å². The quantitative estimate of drug-likeness (QED) is 0.930. The predicted molar refractivity (Wildman–Crippen MR) is 90.7 cm³/mol. The van der Waals surface area contributed by atoms with Gasteiger partial charge in [-0.15, -0.1) is 0 Å². The average Bonchev–Trinajstić information content (AvgIpc) is 2.69. The summed E-state index contributed by atoms with van der Waals surface area (Å²) in [5.74, 6) is 0.813. The van der Waals surface area contributed by atoms with E-state index in [2.05, 4.69) is 12.2 Å². The fraction of sp³-hybridized carbons (Fsp3) is 0.611. The van der Waals surface area contributed by atoms with Gasteiger partial charge in [-0.25, -0.2) is 4.79 Å². The van der Waals surface area contributed by atoms with Gasteiger partial charge >= 0.3 is 6.03 Å². The smallest absolute Gasteiger partial charge is 0.317 e. The molecule has 0 spiro atoms. The van der Waals surface area contributed by atoms with E-state index in [0.29, 0.717) is 26.3 Å². The average molecular weight is 320 g/mol. The molecular formula is C18H28N2O3. The lowest BCUT2D eigenvalue weighted by Crippen LogP contribution is -2.45. The molecule has 1 atom stereocenters. The Labute approximate surface area is 139 Å². The molecular weight excluding hydrogens is 292 g/mol. The van der Waals surface area contributed by atoms with Crippen LogP contribution < -0.4 is 10.1 Å². The van der Waals surface area contributed by atoms with Crippen LogP contribution in [0, 0.1) is 0 Å². The fourth-order valence-corrected chi connectivity index (χ4v) is 2.55. The number of ether oxygens (including phenoxy) is 2. The molecule has 1 aliphatic rings. The summed E-state index contributed by atoms with van der Waals surface area (Å²) in [4.78, 5) is 14.3. The maximum Gasteiger partial charge on any atom is 0.317 e. The molecule has 1 heterocycles. The minimum Gasteiger partial charge on any atom is -0.488 e. The number of amides is 2. The Balaban J connectivity index is 1.98. The van der Waals surface area contributed by atoms with Crippen LogP contribution >= 0.6 is 0 Å². The molecule has 1 N–H and O–H groups in total. The van der Waals surface area contributed by atoms with E-state index in [1.165, 1.54) is 0 Å². The summed E-state index contributed by atoms with van der Waals surface area (Å²) in [6.45, 7) is 10.5. The van der Waals surface area contributed by atoms with Crippen molar-refractivity contribution in [3.05, 3.63) is 29.8 Å². The number of para-hydroxylation sites is 1. The zero-order valence-corrected chi connectivity index (χ0v) is 14.6. The van der Waals surface area contributed by atoms with Gasteiger partial charge in [0.25, 0.3) is 0 Å². The molecule has 2 rings (SSSR count). The summed E-state index contributed by atoms with van der Waals surface area (Å²) < 4.78 is 11.4. The minimum atomic E-state index is -0.267. The normalized spacial score (nSPS) is 19.1. The third-order valence-electron chi connectivity index (χ3n) is 3.77. The predicted octanol–water partition coefficient (Wildman–Crippen LogP) is 3.18. The van der Waals surface area contributed by atoms with Gasteiger partial charge in [0.1, 0.15) is 11.4 Å². The minimum absolute atomic E-state index is 0.0476. The zero-order chi connectivity index (χ0) is 16.9. The van der Waals surface area contributed by atoms with Crippen LogP contribution in [0.3, 0.4) is 0 Å². The Morgan fingerprint density at radius 1 is 1.35 bits per heavy atom. The molecule has 23 heavy (non-hydrogen) atoms. The first-order valence-corrected chi connectivity index (χ1v) is 8.26. The van der Waals surface area contributed by atoms with Crippen LogP contribution in [-0.4, -0.2) is 42.3 Å². The third kappa shape index (κ3) is 5.43. The third-order valence-corrected chi connectivity index (χ3v) is 3.77. The molecule has 2 amide bonds. The molecule has 0 radical (unpaired) electrons. The van der Waals surface area contributed by atoms with Gasteiger partial charge in [-0.1, -0.05) is 18.2 Å². The second-order valence-electron chi connectivity index (χ2n) is 6.92. The summed E-state index contributed by atoms with van der Waals surface area (Å²) in [5.41, 5.74) is 0.714. The first-order chi connectivity index (χ1) is 10.9. The van der Waals surface area contributed by atoms with Gasteiger partial charge in [0.05, 0.1) is 6.61 Å². The Morgan fingerprint density at radius 3 is 2.83 bits per heavy atom. The standard InChI is InChI=1S/C18H28N2O3/c1-14-9-11-22-12-10-20(14)17(21)19-13-15-7-5-6-8-16(15)23-18(2,3)4/h5-8,14H,9-13H2,1-4H3,(H,19,21)/t14-/m1/s1. The highest BCUT2D eigenvalue weighted by atomic mass is 16.5. The summed E-state index contributed by atoms with van der Waals surface area (Å²) in [7, 11) is 0. The largest absolute Gasteiger partial charge is 0.488 e. The molecule has 0 unspecified atom stereocenters. The van der Waals surface area contributed by atoms with Crippen molar-refractivity contribution in [1.29, 1.82) is 0 Å². The maximum absolute atomic E-state index is 12.4. The van der Waals surface area contributed by atoms with Crippen molar-refractivity contribution < 1.29 is 14.3 Å². The van der Waals surface area contributed by atoms with E-state index in [-0.39, 0.29) is 17.7 Å². The number of nitrogens with one attached hydrogen (secondary N) is 1. The van der Waals surface area contributed by atoms with Gasteiger partial charge in [0.15, 0.2) is 0 Å². The van der Waals surface area contributed by atoms with Crippen molar-refractivity contribution in [2.75, 3.05) is 19.8 Å². The SMILES string of the molecule is C[C@@H]1CCOCCN1C(=O)NCc1ccccc1OC(C)(C)C. The van der Waals surface area contributed by atoms with E-state index in [9.17, 15) is 4.79 Å². The molecule has 128 valence electrons. The lowest BCUT2D eigenvalue weighted by molar-refractivity contribution is 0.129. The van der Waals surface area contributed by atoms with Crippen LogP contribution in [0.2, 0.25) is 0 Å². The first kappa shape index (κ1) is 17.6. The highest BCUT2D eigenvalue weighted by Gasteiger charge is 2.22. The number of hydrogen-bond donors (Lipinski definition) is 1. The summed E-state index contributed by atoms with van der Waals surface area (Å²) in [5, 5.41) is 3.00. The van der Waals surface area contributed by atoms with Gasteiger partial charge in [0.2, 0.25) is 0 Å². The van der Waals surface area contributed by atoms with Crippen molar-refractivity contribution in [2.24, 2.45) is 0 Å². The number of carbonyl (C=O) groups is 1. The number of hydrogen-bond acceptors (Lipinski definition) is 3. The monoisotopic (exact) mass is 320 g/mol. The highest BCUT2D eigenvalue weighted by molar-refractivity contribution is 5.74. The van der Waals surface area contributed by atoms with E-state index in [1.54, 1.807) is 0 Å². The number of benzene rings is 1. The van der Waals surface area contributed by atoms with E-state index in [4.69, 9.17) is 9.47 Å². The Hall–Kier alpha value is -1.75. The Bertz CT molecular complexity index is 525. The van der Waals surface area contributed by atoms with E-state index < -0.39 is 0 Å². The van der Waals surface area contributed by atoms with Crippen LogP contribution in [-0.2, 0) is 11.3 Å². The zero-order valence-electron chi connectivity index (χ0n) is 14.6. The Morgan fingerprint density at radius 2 is 2.09 bits per heavy atom. The number of nitrogens with zero attached hydrogens (tertiary/aromatic N) is 1. The van der Waals surface area contributed by atoms with E-state index in [1.807, 2.05) is 49.9 Å². The molecule has 0 saturated carbocycles. The molecule has 5 nitrogen and oxygen atoms in total. The highest BCUT2D eigenvalue weighted by Crippen LogP contribution is 2.23. The van der Waals surface area contributed by atoms with Crippen molar-refractivity contribution >= 4 is 6.03 Å². The molecule has 0 aromatic heterocycles. The van der Waals surface area contributed by atoms with Crippen LogP contribution in [0.5, 0.6) is 5.75 Å². The Kier molecular flexibility index (Phi) is 5.88. The summed E-state index contributed by atoms with van der Waals surface area (Å²) >= 11 is 0. The van der Waals surface area contributed by atoms with E-state index >= 15 is 0 Å². The number of carbonyl (C=O) groups excluding carboxylic acids is 1. The summed E-state index contributed by atoms with van der Waals surface area (Å²) in [6, 6.07) is 7.97. The molecule has 1 fully saturated rings. The van der Waals surface area contributed by atoms with Crippen molar-refractivity contribution in [3.8, 4) is 5.75 Å². The maximum atomic E-state index is 12.4. The lowest BCUT2D eigenvalue weighted by atomic mass is 10.1. The van der Waals surface area contributed by atoms with Crippen LogP contribution in [0.4, 0.5) is 4.79 Å². The molecule has 0 aliphatic carbocycles. The van der Waals surface area contributed by atoms with Gasteiger partial charge in [-0.2, -0.15) is 0 Å². The molecule has 1 saturated heterocycles. The number of urea groups is 1.